The molecule has 0 fully saturated rings. The van der Waals surface area contributed by atoms with Crippen LogP contribution in [0.25, 0.3) is 0 Å². The molecule has 1 aromatic rings. The summed E-state index contributed by atoms with van der Waals surface area (Å²) in [6.07, 6.45) is 0.370. The SMILES string of the molecule is CCC(O)CSc1nc(C)cc(=O)[nH]1. The number of aromatic nitrogens is 2. The minimum absolute atomic E-state index is 0.147. The molecule has 0 radical (unpaired) electrons. The molecule has 0 spiro atoms. The molecule has 0 aromatic carbocycles. The normalized spacial score (nSPS) is 12.8. The Bertz CT molecular complexity index is 351. The van der Waals surface area contributed by atoms with Crippen molar-refractivity contribution in [1.82, 2.24) is 9.97 Å². The summed E-state index contributed by atoms with van der Waals surface area (Å²) in [5.41, 5.74) is 0.549. The highest BCUT2D eigenvalue weighted by atomic mass is 32.2. The van der Waals surface area contributed by atoms with Crippen LogP contribution >= 0.6 is 11.8 Å². The van der Waals surface area contributed by atoms with Gasteiger partial charge in [-0.2, -0.15) is 0 Å². The molecule has 0 aliphatic heterocycles. The highest BCUT2D eigenvalue weighted by Gasteiger charge is 2.04. The van der Waals surface area contributed by atoms with E-state index in [1.807, 2.05) is 6.92 Å². The fourth-order valence-electron chi connectivity index (χ4n) is 0.913. The van der Waals surface area contributed by atoms with Gasteiger partial charge in [0.15, 0.2) is 5.16 Å². The highest BCUT2D eigenvalue weighted by molar-refractivity contribution is 7.99. The third-order valence-electron chi connectivity index (χ3n) is 1.73. The minimum atomic E-state index is -0.342. The molecular formula is C9H14N2O2S. The van der Waals surface area contributed by atoms with E-state index in [2.05, 4.69) is 9.97 Å². The zero-order valence-corrected chi connectivity index (χ0v) is 9.10. The summed E-state index contributed by atoms with van der Waals surface area (Å²) in [4.78, 5) is 17.8. The van der Waals surface area contributed by atoms with E-state index in [-0.39, 0.29) is 11.7 Å². The van der Waals surface area contributed by atoms with Crippen LogP contribution in [0.15, 0.2) is 16.0 Å². The Morgan fingerprint density at radius 2 is 2.43 bits per heavy atom. The van der Waals surface area contributed by atoms with Gasteiger partial charge in [0.05, 0.1) is 6.10 Å². The van der Waals surface area contributed by atoms with Gasteiger partial charge in [-0.1, -0.05) is 18.7 Å². The van der Waals surface area contributed by atoms with Crippen LogP contribution < -0.4 is 5.56 Å². The van der Waals surface area contributed by atoms with Crippen molar-refractivity contribution in [2.75, 3.05) is 5.75 Å². The number of aromatic amines is 1. The van der Waals surface area contributed by atoms with Gasteiger partial charge < -0.3 is 10.1 Å². The summed E-state index contributed by atoms with van der Waals surface area (Å²) in [6.45, 7) is 3.69. The zero-order valence-electron chi connectivity index (χ0n) is 8.28. The molecule has 78 valence electrons. The number of rotatable bonds is 4. The summed E-state index contributed by atoms with van der Waals surface area (Å²) < 4.78 is 0. The van der Waals surface area contributed by atoms with E-state index in [0.717, 1.165) is 0 Å². The van der Waals surface area contributed by atoms with Crippen molar-refractivity contribution in [2.45, 2.75) is 31.5 Å². The molecule has 0 bridgehead atoms. The van der Waals surface area contributed by atoms with Crippen molar-refractivity contribution in [2.24, 2.45) is 0 Å². The number of thioether (sulfide) groups is 1. The molecule has 1 atom stereocenters. The first kappa shape index (κ1) is 11.3. The highest BCUT2D eigenvalue weighted by Crippen LogP contribution is 2.13. The molecule has 0 amide bonds. The lowest BCUT2D eigenvalue weighted by Gasteiger charge is -2.06. The quantitative estimate of drug-likeness (QED) is 0.578. The van der Waals surface area contributed by atoms with Gasteiger partial charge in [-0.05, 0) is 13.3 Å². The van der Waals surface area contributed by atoms with E-state index in [0.29, 0.717) is 23.0 Å². The average Bonchev–Trinajstić information content (AvgIpc) is 2.12. The summed E-state index contributed by atoms with van der Waals surface area (Å²) >= 11 is 1.36. The van der Waals surface area contributed by atoms with Gasteiger partial charge in [0.25, 0.3) is 5.56 Å². The van der Waals surface area contributed by atoms with Crippen LogP contribution in [0.5, 0.6) is 0 Å². The summed E-state index contributed by atoms with van der Waals surface area (Å²) in [7, 11) is 0. The lowest BCUT2D eigenvalue weighted by molar-refractivity contribution is 0.195. The number of aryl methyl sites for hydroxylation is 1. The Morgan fingerprint density at radius 3 is 3.00 bits per heavy atom. The average molecular weight is 214 g/mol. The maximum atomic E-state index is 11.1. The van der Waals surface area contributed by atoms with Crippen LogP contribution in [0.4, 0.5) is 0 Å². The number of hydrogen-bond donors (Lipinski definition) is 2. The summed E-state index contributed by atoms with van der Waals surface area (Å²) in [6, 6.07) is 1.44. The molecule has 1 rings (SSSR count). The molecule has 1 unspecified atom stereocenters. The Hall–Kier alpha value is -0.810. The molecule has 0 saturated carbocycles. The Kier molecular flexibility index (Phi) is 4.16. The number of nitrogens with one attached hydrogen (secondary N) is 1. The summed E-state index contributed by atoms with van der Waals surface area (Å²) in [5.74, 6) is 0.558. The predicted molar refractivity (Wildman–Crippen MR) is 56.6 cm³/mol. The van der Waals surface area contributed by atoms with Crippen LogP contribution in [-0.4, -0.2) is 26.9 Å². The Morgan fingerprint density at radius 1 is 1.71 bits per heavy atom. The van der Waals surface area contributed by atoms with E-state index >= 15 is 0 Å². The van der Waals surface area contributed by atoms with Crippen molar-refractivity contribution in [3.63, 3.8) is 0 Å². The molecule has 0 saturated heterocycles. The predicted octanol–water partition coefficient (Wildman–Crippen LogP) is 0.941. The third-order valence-corrected chi connectivity index (χ3v) is 2.75. The lowest BCUT2D eigenvalue weighted by atomic mass is 10.3. The second-order valence-electron chi connectivity index (χ2n) is 3.07. The first-order valence-corrected chi connectivity index (χ1v) is 5.49. The maximum Gasteiger partial charge on any atom is 0.251 e. The van der Waals surface area contributed by atoms with Gasteiger partial charge in [-0.15, -0.1) is 0 Å². The van der Waals surface area contributed by atoms with Gasteiger partial charge in [0.1, 0.15) is 0 Å². The maximum absolute atomic E-state index is 11.1. The minimum Gasteiger partial charge on any atom is -0.392 e. The van der Waals surface area contributed by atoms with Crippen molar-refractivity contribution >= 4 is 11.8 Å². The van der Waals surface area contributed by atoms with E-state index in [1.54, 1.807) is 6.92 Å². The first-order chi connectivity index (χ1) is 6.61. The fraction of sp³-hybridized carbons (Fsp3) is 0.556. The van der Waals surface area contributed by atoms with Gasteiger partial charge >= 0.3 is 0 Å². The van der Waals surface area contributed by atoms with Gasteiger partial charge in [-0.25, -0.2) is 4.98 Å². The van der Waals surface area contributed by atoms with Gasteiger partial charge in [-0.3, -0.25) is 4.79 Å². The second kappa shape index (κ2) is 5.17. The zero-order chi connectivity index (χ0) is 10.6. The summed E-state index contributed by atoms with van der Waals surface area (Å²) in [5, 5.41) is 9.89. The molecule has 5 heteroatoms. The van der Waals surface area contributed by atoms with Gasteiger partial charge in [0, 0.05) is 17.5 Å². The smallest absolute Gasteiger partial charge is 0.251 e. The van der Waals surface area contributed by atoms with Gasteiger partial charge in [0.2, 0.25) is 0 Å². The fourth-order valence-corrected chi connectivity index (χ4v) is 1.88. The van der Waals surface area contributed by atoms with Crippen molar-refractivity contribution in [1.29, 1.82) is 0 Å². The molecule has 2 N–H and O–H groups in total. The van der Waals surface area contributed by atoms with Crippen molar-refractivity contribution in [3.8, 4) is 0 Å². The van der Waals surface area contributed by atoms with Crippen LogP contribution in [0.3, 0.4) is 0 Å². The molecule has 1 heterocycles. The van der Waals surface area contributed by atoms with E-state index < -0.39 is 0 Å². The number of H-pyrrole nitrogens is 1. The van der Waals surface area contributed by atoms with Crippen LogP contribution in [0.1, 0.15) is 19.0 Å². The largest absolute Gasteiger partial charge is 0.392 e. The first-order valence-electron chi connectivity index (χ1n) is 4.50. The molecule has 1 aromatic heterocycles. The number of aliphatic hydroxyl groups excluding tert-OH is 1. The van der Waals surface area contributed by atoms with Crippen LogP contribution in [-0.2, 0) is 0 Å². The second-order valence-corrected chi connectivity index (χ2v) is 4.07. The standard InChI is InChI=1S/C9H14N2O2S/c1-3-7(12)5-14-9-10-6(2)4-8(13)11-9/h4,7,12H,3,5H2,1-2H3,(H,10,11,13). The van der Waals surface area contributed by atoms with E-state index in [1.165, 1.54) is 17.8 Å². The lowest BCUT2D eigenvalue weighted by Crippen LogP contribution is -2.11. The van der Waals surface area contributed by atoms with Crippen molar-refractivity contribution in [3.05, 3.63) is 22.1 Å². The van der Waals surface area contributed by atoms with E-state index in [9.17, 15) is 9.90 Å². The van der Waals surface area contributed by atoms with Crippen molar-refractivity contribution < 1.29 is 5.11 Å². The molecular weight excluding hydrogens is 200 g/mol. The molecule has 14 heavy (non-hydrogen) atoms. The molecule has 0 aliphatic carbocycles. The number of nitrogens with zero attached hydrogens (tertiary/aromatic N) is 1. The van der Waals surface area contributed by atoms with E-state index in [4.69, 9.17) is 0 Å². The monoisotopic (exact) mass is 214 g/mol. The Balaban J connectivity index is 2.63. The molecule has 0 aliphatic rings. The topological polar surface area (TPSA) is 66.0 Å². The third kappa shape index (κ3) is 3.51. The number of hydrogen-bond acceptors (Lipinski definition) is 4. The number of aliphatic hydroxyl groups is 1. The Labute approximate surface area is 86.8 Å². The van der Waals surface area contributed by atoms with Crippen LogP contribution in [0, 0.1) is 6.92 Å². The van der Waals surface area contributed by atoms with Crippen LogP contribution in [0.2, 0.25) is 0 Å². The molecule has 4 nitrogen and oxygen atoms in total.